The van der Waals surface area contributed by atoms with Crippen LogP contribution in [0.4, 0.5) is 0 Å². The maximum Gasteiger partial charge on any atom is 0.129 e. The Morgan fingerprint density at radius 3 is 1.77 bits per heavy atom. The molecule has 206 valence electrons. The molecule has 0 atom stereocenters. The average molecular weight is 535 g/mol. The number of ether oxygens (including phenoxy) is 1. The van der Waals surface area contributed by atoms with Crippen molar-refractivity contribution in [3.63, 3.8) is 0 Å². The molecule has 0 radical (unpaired) electrons. The molecule has 0 saturated carbocycles. The summed E-state index contributed by atoms with van der Waals surface area (Å²) in [5, 5.41) is 37.4. The van der Waals surface area contributed by atoms with Gasteiger partial charge in [-0.05, 0) is 61.7 Å². The van der Waals surface area contributed by atoms with Gasteiger partial charge < -0.3 is 20.1 Å². The predicted molar refractivity (Wildman–Crippen MR) is 164 cm³/mol. The Hall–Kier alpha value is -4.02. The number of benzene rings is 5. The van der Waals surface area contributed by atoms with Gasteiger partial charge in [0.2, 0.25) is 0 Å². The van der Waals surface area contributed by atoms with E-state index in [2.05, 4.69) is 47.6 Å². The summed E-state index contributed by atoms with van der Waals surface area (Å²) in [5.74, 6) is 0.439. The molecule has 5 rings (SSSR count). The Balaban J connectivity index is 1.57. The van der Waals surface area contributed by atoms with Crippen LogP contribution in [0.3, 0.4) is 0 Å². The third-order valence-electron chi connectivity index (χ3n) is 7.64. The van der Waals surface area contributed by atoms with Crippen molar-refractivity contribution in [2.24, 2.45) is 0 Å². The van der Waals surface area contributed by atoms with Crippen molar-refractivity contribution in [1.29, 1.82) is 0 Å². The highest BCUT2D eigenvalue weighted by Crippen LogP contribution is 2.46. The van der Waals surface area contributed by atoms with Crippen LogP contribution in [0, 0.1) is 0 Å². The van der Waals surface area contributed by atoms with Gasteiger partial charge in [0, 0.05) is 22.3 Å². The summed E-state index contributed by atoms with van der Waals surface area (Å²) in [6, 6.07) is 25.3. The Bertz CT molecular complexity index is 1720. The molecular weight excluding hydrogens is 496 g/mol. The number of rotatable bonds is 5. The van der Waals surface area contributed by atoms with Crippen LogP contribution >= 0.6 is 0 Å². The molecule has 0 aliphatic carbocycles. The molecule has 4 heteroatoms. The quantitative estimate of drug-likeness (QED) is 0.210. The number of hydrogen-bond acceptors (Lipinski definition) is 4. The zero-order valence-corrected chi connectivity index (χ0v) is 24.2. The van der Waals surface area contributed by atoms with E-state index in [-0.39, 0.29) is 41.3 Å². The van der Waals surface area contributed by atoms with Crippen molar-refractivity contribution in [2.75, 3.05) is 0 Å². The van der Waals surface area contributed by atoms with Crippen LogP contribution in [-0.4, -0.2) is 15.3 Å². The molecule has 3 N–H and O–H groups in total. The first-order valence-corrected chi connectivity index (χ1v) is 13.8. The molecule has 0 amide bonds. The van der Waals surface area contributed by atoms with E-state index in [9.17, 15) is 15.3 Å². The molecule has 0 heterocycles. The van der Waals surface area contributed by atoms with Crippen LogP contribution in [0.15, 0.2) is 78.9 Å². The van der Waals surface area contributed by atoms with Crippen molar-refractivity contribution in [3.05, 3.63) is 101 Å². The SMILES string of the molecule is CC(C)(C)c1cc(COCc2cc3ccccc3c(-c3c(O)ccc4ccccc34)c2O)c(O)c(C(C)(C)C)c1. The van der Waals surface area contributed by atoms with E-state index >= 15 is 0 Å². The van der Waals surface area contributed by atoms with Crippen LogP contribution in [0.25, 0.3) is 32.7 Å². The molecule has 0 spiro atoms. The molecule has 0 aromatic heterocycles. The van der Waals surface area contributed by atoms with Gasteiger partial charge in [-0.25, -0.2) is 0 Å². The second-order valence-electron chi connectivity index (χ2n) is 12.7. The third-order valence-corrected chi connectivity index (χ3v) is 7.64. The molecule has 5 aromatic rings. The van der Waals surface area contributed by atoms with Gasteiger partial charge >= 0.3 is 0 Å². The van der Waals surface area contributed by atoms with Crippen molar-refractivity contribution < 1.29 is 20.1 Å². The first-order chi connectivity index (χ1) is 18.9. The minimum atomic E-state index is -0.230. The molecule has 4 nitrogen and oxygen atoms in total. The van der Waals surface area contributed by atoms with Gasteiger partial charge in [-0.1, -0.05) is 102 Å². The van der Waals surface area contributed by atoms with Crippen LogP contribution in [0.2, 0.25) is 0 Å². The molecule has 40 heavy (non-hydrogen) atoms. The van der Waals surface area contributed by atoms with Crippen molar-refractivity contribution in [3.8, 4) is 28.4 Å². The normalized spacial score (nSPS) is 12.3. The minimum Gasteiger partial charge on any atom is -0.507 e. The van der Waals surface area contributed by atoms with Gasteiger partial charge in [-0.15, -0.1) is 0 Å². The van der Waals surface area contributed by atoms with E-state index in [0.29, 0.717) is 16.7 Å². The van der Waals surface area contributed by atoms with E-state index in [1.807, 2.05) is 66.7 Å². The fraction of sp³-hybridized carbons (Fsp3) is 0.278. The lowest BCUT2D eigenvalue weighted by molar-refractivity contribution is 0.103. The molecule has 0 aliphatic heterocycles. The van der Waals surface area contributed by atoms with Crippen LogP contribution in [0.1, 0.15) is 63.8 Å². The lowest BCUT2D eigenvalue weighted by Crippen LogP contribution is -2.17. The lowest BCUT2D eigenvalue weighted by atomic mass is 9.79. The number of hydrogen-bond donors (Lipinski definition) is 3. The summed E-state index contributed by atoms with van der Waals surface area (Å²) < 4.78 is 6.18. The maximum absolute atomic E-state index is 11.6. The molecule has 0 unspecified atom stereocenters. The average Bonchev–Trinajstić information content (AvgIpc) is 2.89. The first kappa shape index (κ1) is 27.5. The van der Waals surface area contributed by atoms with E-state index in [1.165, 1.54) is 0 Å². The van der Waals surface area contributed by atoms with E-state index in [1.54, 1.807) is 6.07 Å². The van der Waals surface area contributed by atoms with E-state index < -0.39 is 0 Å². The van der Waals surface area contributed by atoms with Gasteiger partial charge in [-0.3, -0.25) is 0 Å². The Labute approximate surface area is 236 Å². The summed E-state index contributed by atoms with van der Waals surface area (Å²) in [7, 11) is 0. The molecule has 0 fully saturated rings. The van der Waals surface area contributed by atoms with Crippen molar-refractivity contribution >= 4 is 21.5 Å². The van der Waals surface area contributed by atoms with E-state index in [0.717, 1.165) is 38.2 Å². The van der Waals surface area contributed by atoms with Gasteiger partial charge in [0.1, 0.15) is 17.2 Å². The Kier molecular flexibility index (Phi) is 7.01. The second kappa shape index (κ2) is 10.2. The number of phenols is 3. The van der Waals surface area contributed by atoms with Gasteiger partial charge in [0.25, 0.3) is 0 Å². The lowest BCUT2D eigenvalue weighted by Gasteiger charge is -2.27. The summed E-state index contributed by atoms with van der Waals surface area (Å²) >= 11 is 0. The minimum absolute atomic E-state index is 0.0772. The molecule has 5 aromatic carbocycles. The fourth-order valence-electron chi connectivity index (χ4n) is 5.36. The largest absolute Gasteiger partial charge is 0.507 e. The highest BCUT2D eigenvalue weighted by Gasteiger charge is 2.25. The monoisotopic (exact) mass is 534 g/mol. The third kappa shape index (κ3) is 5.12. The number of aromatic hydroxyl groups is 3. The van der Waals surface area contributed by atoms with Crippen molar-refractivity contribution in [2.45, 2.75) is 65.6 Å². The zero-order chi connectivity index (χ0) is 28.8. The standard InChI is InChI=1S/C36H38O4/c1-35(2,3)26-18-25(33(38)29(19-26)36(4,5)6)21-40-20-24-17-23-12-8-10-14-28(23)32(34(24)39)31-27-13-9-7-11-22(27)15-16-30(31)37/h7-19,37-39H,20-21H2,1-6H3. The summed E-state index contributed by atoms with van der Waals surface area (Å²) in [5.41, 5.74) is 4.23. The summed E-state index contributed by atoms with van der Waals surface area (Å²) in [6.07, 6.45) is 0. The number of fused-ring (bicyclic) bond motifs is 2. The Morgan fingerprint density at radius 1 is 0.575 bits per heavy atom. The maximum atomic E-state index is 11.6. The summed E-state index contributed by atoms with van der Waals surface area (Å²) in [4.78, 5) is 0. The smallest absolute Gasteiger partial charge is 0.129 e. The summed E-state index contributed by atoms with van der Waals surface area (Å²) in [6.45, 7) is 13.1. The fourth-order valence-corrected chi connectivity index (χ4v) is 5.36. The predicted octanol–water partition coefficient (Wildman–Crippen LogP) is 9.09. The molecular formula is C36H38O4. The van der Waals surface area contributed by atoms with Gasteiger partial charge in [0.05, 0.1) is 13.2 Å². The van der Waals surface area contributed by atoms with Crippen LogP contribution in [0.5, 0.6) is 17.2 Å². The van der Waals surface area contributed by atoms with Gasteiger partial charge in [0.15, 0.2) is 0 Å². The Morgan fingerprint density at radius 2 is 1.15 bits per heavy atom. The van der Waals surface area contributed by atoms with Crippen LogP contribution in [-0.2, 0) is 28.8 Å². The zero-order valence-electron chi connectivity index (χ0n) is 24.2. The highest BCUT2D eigenvalue weighted by molar-refractivity contribution is 6.10. The number of phenolic OH excluding ortho intramolecular Hbond substituents is 3. The second-order valence-corrected chi connectivity index (χ2v) is 12.7. The highest BCUT2D eigenvalue weighted by atomic mass is 16.5. The van der Waals surface area contributed by atoms with E-state index in [4.69, 9.17) is 4.74 Å². The first-order valence-electron chi connectivity index (χ1n) is 13.8. The molecule has 0 bridgehead atoms. The topological polar surface area (TPSA) is 69.9 Å². The van der Waals surface area contributed by atoms with Gasteiger partial charge in [-0.2, -0.15) is 0 Å². The molecule has 0 saturated heterocycles. The van der Waals surface area contributed by atoms with Crippen LogP contribution < -0.4 is 0 Å². The van der Waals surface area contributed by atoms with Crippen molar-refractivity contribution in [1.82, 2.24) is 0 Å². The molecule has 0 aliphatic rings.